The van der Waals surface area contributed by atoms with E-state index in [1.807, 2.05) is 0 Å². The fourth-order valence-electron chi connectivity index (χ4n) is 5.43. The number of benzene rings is 3. The molecule has 4 rings (SSSR count). The molecule has 0 saturated heterocycles. The van der Waals surface area contributed by atoms with Crippen LogP contribution in [-0.4, -0.2) is 8.07 Å². The molecule has 3 aromatic rings. The lowest BCUT2D eigenvalue weighted by atomic mass is 10.0. The van der Waals surface area contributed by atoms with E-state index >= 15 is 0 Å². The Kier molecular flexibility index (Phi) is 7.14. The third-order valence-electron chi connectivity index (χ3n) is 7.53. The summed E-state index contributed by atoms with van der Waals surface area (Å²) in [6.07, 6.45) is 7.34. The molecule has 0 aliphatic heterocycles. The van der Waals surface area contributed by atoms with E-state index in [0.29, 0.717) is 23.3 Å². The summed E-state index contributed by atoms with van der Waals surface area (Å²) in [5, 5.41) is 4.54. The van der Waals surface area contributed by atoms with Gasteiger partial charge in [0.1, 0.15) is 0 Å². The molecule has 0 bridgehead atoms. The lowest BCUT2D eigenvalue weighted by Crippen LogP contribution is -2.69. The van der Waals surface area contributed by atoms with Crippen molar-refractivity contribution in [2.75, 3.05) is 0 Å². The molecular formula is C33H40Si. The van der Waals surface area contributed by atoms with Crippen molar-refractivity contribution in [3.05, 3.63) is 113 Å². The maximum Gasteiger partial charge on any atom is 0.158 e. The minimum Gasteiger partial charge on any atom is -0.0791 e. The third-order valence-corrected chi connectivity index (χ3v) is 12.6. The van der Waals surface area contributed by atoms with E-state index in [1.165, 1.54) is 37.8 Å². The van der Waals surface area contributed by atoms with Crippen molar-refractivity contribution in [3.63, 3.8) is 0 Å². The van der Waals surface area contributed by atoms with Crippen LogP contribution in [0.25, 0.3) is 0 Å². The molecule has 176 valence electrons. The van der Waals surface area contributed by atoms with Gasteiger partial charge in [0.2, 0.25) is 0 Å². The highest BCUT2D eigenvalue weighted by Gasteiger charge is 2.46. The van der Waals surface area contributed by atoms with Crippen LogP contribution in [0.2, 0.25) is 5.54 Å². The molecule has 0 saturated carbocycles. The number of allylic oxidation sites excluding steroid dienone is 4. The van der Waals surface area contributed by atoms with Gasteiger partial charge in [-0.15, -0.1) is 0 Å². The van der Waals surface area contributed by atoms with Gasteiger partial charge in [0.15, 0.2) is 8.07 Å². The molecule has 1 unspecified atom stereocenters. The molecule has 1 atom stereocenters. The van der Waals surface area contributed by atoms with Crippen LogP contribution < -0.4 is 15.6 Å². The Balaban J connectivity index is 2.12. The Labute approximate surface area is 208 Å². The van der Waals surface area contributed by atoms with E-state index in [2.05, 4.69) is 139 Å². The van der Waals surface area contributed by atoms with Crippen LogP contribution in [0.5, 0.6) is 0 Å². The first-order valence-electron chi connectivity index (χ1n) is 12.9. The molecule has 0 amide bonds. The number of hydrogen-bond acceptors (Lipinski definition) is 0. The number of rotatable bonds is 7. The van der Waals surface area contributed by atoms with Crippen molar-refractivity contribution >= 4 is 23.6 Å². The van der Waals surface area contributed by atoms with Crippen molar-refractivity contribution in [3.8, 4) is 0 Å². The lowest BCUT2D eigenvalue weighted by molar-refractivity contribution is 0.867. The van der Waals surface area contributed by atoms with Crippen LogP contribution in [0.1, 0.15) is 82.9 Å². The molecule has 1 heteroatoms. The highest BCUT2D eigenvalue weighted by Crippen LogP contribution is 2.33. The molecular weight excluding hydrogens is 424 g/mol. The Bertz CT molecular complexity index is 1080. The highest BCUT2D eigenvalue weighted by atomic mass is 28.3. The number of hydrogen-bond donors (Lipinski definition) is 0. The maximum atomic E-state index is 2.53. The second-order valence-electron chi connectivity index (χ2n) is 10.9. The molecule has 1 aliphatic rings. The second-order valence-corrected chi connectivity index (χ2v) is 15.0. The molecule has 0 aromatic heterocycles. The third kappa shape index (κ3) is 4.51. The van der Waals surface area contributed by atoms with Gasteiger partial charge in [0, 0.05) is 5.54 Å². The first-order valence-corrected chi connectivity index (χ1v) is 15.0. The van der Waals surface area contributed by atoms with Gasteiger partial charge in [-0.05, 0) is 56.9 Å². The molecule has 0 N–H and O–H groups in total. The predicted molar refractivity (Wildman–Crippen MR) is 153 cm³/mol. The van der Waals surface area contributed by atoms with Crippen LogP contribution in [0.3, 0.4) is 0 Å². The van der Waals surface area contributed by atoms with Crippen LogP contribution in [0.4, 0.5) is 0 Å². The lowest BCUT2D eigenvalue weighted by Gasteiger charge is -2.39. The van der Waals surface area contributed by atoms with Gasteiger partial charge in [-0.1, -0.05) is 138 Å². The average Bonchev–Trinajstić information content (AvgIpc) is 3.26. The summed E-state index contributed by atoms with van der Waals surface area (Å²) in [5.74, 6) is 1.52. The largest absolute Gasteiger partial charge is 0.158 e. The molecule has 0 fully saturated rings. The Hall–Kier alpha value is -2.64. The van der Waals surface area contributed by atoms with E-state index in [1.54, 1.807) is 0 Å². The maximum absolute atomic E-state index is 2.53. The summed E-state index contributed by atoms with van der Waals surface area (Å²) in [4.78, 5) is 0. The zero-order chi connectivity index (χ0) is 24.5. The molecule has 34 heavy (non-hydrogen) atoms. The monoisotopic (exact) mass is 464 g/mol. The van der Waals surface area contributed by atoms with E-state index in [9.17, 15) is 0 Å². The molecule has 3 aromatic carbocycles. The van der Waals surface area contributed by atoms with Crippen LogP contribution in [-0.2, 0) is 0 Å². The summed E-state index contributed by atoms with van der Waals surface area (Å²) in [5.41, 5.74) is 6.05. The van der Waals surface area contributed by atoms with Gasteiger partial charge in [0.25, 0.3) is 0 Å². The fraction of sp³-hybridized carbons (Fsp3) is 0.333. The highest BCUT2D eigenvalue weighted by molar-refractivity contribution is 7.13. The van der Waals surface area contributed by atoms with Gasteiger partial charge in [-0.2, -0.15) is 0 Å². The Morgan fingerprint density at radius 3 is 1.26 bits per heavy atom. The summed E-state index contributed by atoms with van der Waals surface area (Å²) >= 11 is 0. The molecule has 0 nitrogen and oxygen atoms in total. The van der Waals surface area contributed by atoms with E-state index in [-0.39, 0.29) is 0 Å². The van der Waals surface area contributed by atoms with E-state index < -0.39 is 8.07 Å². The van der Waals surface area contributed by atoms with E-state index in [0.717, 1.165) is 0 Å². The first-order chi connectivity index (χ1) is 16.2. The van der Waals surface area contributed by atoms with Gasteiger partial charge in [-0.3, -0.25) is 0 Å². The summed E-state index contributed by atoms with van der Waals surface area (Å²) < 4.78 is 0. The van der Waals surface area contributed by atoms with Gasteiger partial charge in [0.05, 0.1) is 0 Å². The standard InChI is InChI=1S/C33H40Si/c1-23(2)27-11-8-14-30(20-27)34(33-18-17-26(7)19-33,31-15-9-12-28(21-31)24(3)4)32-16-10-13-29(22-32)25(5)6/h8-25,33H,1-7H3. The average molecular weight is 465 g/mol. The summed E-state index contributed by atoms with van der Waals surface area (Å²) in [6, 6.07) is 28.6. The van der Waals surface area contributed by atoms with Crippen molar-refractivity contribution in [2.45, 2.75) is 71.8 Å². The minimum atomic E-state index is -2.43. The molecule has 0 heterocycles. The van der Waals surface area contributed by atoms with Gasteiger partial charge >= 0.3 is 0 Å². The zero-order valence-corrected chi connectivity index (χ0v) is 23.0. The van der Waals surface area contributed by atoms with Crippen LogP contribution in [0, 0.1) is 0 Å². The predicted octanol–water partition coefficient (Wildman–Crippen LogP) is 7.41. The molecule has 1 aliphatic carbocycles. The van der Waals surface area contributed by atoms with Gasteiger partial charge in [-0.25, -0.2) is 0 Å². The van der Waals surface area contributed by atoms with Crippen molar-refractivity contribution in [1.82, 2.24) is 0 Å². The summed E-state index contributed by atoms with van der Waals surface area (Å²) in [7, 11) is -2.43. The quantitative estimate of drug-likeness (QED) is 0.252. The smallest absolute Gasteiger partial charge is 0.0791 e. The van der Waals surface area contributed by atoms with Crippen molar-refractivity contribution in [2.24, 2.45) is 0 Å². The van der Waals surface area contributed by atoms with E-state index in [4.69, 9.17) is 0 Å². The van der Waals surface area contributed by atoms with Crippen LogP contribution >= 0.6 is 0 Å². The molecule has 0 radical (unpaired) electrons. The minimum absolute atomic E-state index is 0.389. The van der Waals surface area contributed by atoms with Crippen molar-refractivity contribution in [1.29, 1.82) is 0 Å². The zero-order valence-electron chi connectivity index (χ0n) is 22.0. The fourth-order valence-corrected chi connectivity index (χ4v) is 10.7. The SMILES string of the molecule is CC1=CC([Si](c2cccc(C(C)C)c2)(c2cccc(C(C)C)c2)c2cccc(C(C)C)c2)C=C1. The van der Waals surface area contributed by atoms with Crippen LogP contribution in [0.15, 0.2) is 96.6 Å². The normalized spacial score (nSPS) is 16.1. The van der Waals surface area contributed by atoms with Crippen molar-refractivity contribution < 1.29 is 0 Å². The molecule has 0 spiro atoms. The first kappa shape index (κ1) is 24.5. The van der Waals surface area contributed by atoms with Gasteiger partial charge < -0.3 is 0 Å². The Morgan fingerprint density at radius 1 is 0.588 bits per heavy atom. The second kappa shape index (κ2) is 9.92. The Morgan fingerprint density at radius 2 is 0.971 bits per heavy atom. The summed E-state index contributed by atoms with van der Waals surface area (Å²) in [6.45, 7) is 16.1. The topological polar surface area (TPSA) is 0 Å².